The van der Waals surface area contributed by atoms with Gasteiger partial charge < -0.3 is 19.2 Å². The maximum absolute atomic E-state index is 12.8. The summed E-state index contributed by atoms with van der Waals surface area (Å²) in [4.78, 5) is 24.8. The zero-order valence-electron chi connectivity index (χ0n) is 13.4. The summed E-state index contributed by atoms with van der Waals surface area (Å²) in [7, 11) is 1.59. The molecule has 0 radical (unpaired) electrons. The predicted molar refractivity (Wildman–Crippen MR) is 83.6 cm³/mol. The fraction of sp³-hybridized carbons (Fsp3) is 0.294. The molecule has 2 rings (SSSR count). The lowest BCUT2D eigenvalue weighted by atomic mass is 10.1. The summed E-state index contributed by atoms with van der Waals surface area (Å²) < 4.78 is 23.4. The number of carboxylic acid groups (broad SMARTS) is 1. The Morgan fingerprint density at radius 2 is 1.96 bits per heavy atom. The molecule has 0 saturated carbocycles. The molecule has 1 amide bonds. The molecule has 0 aliphatic heterocycles. The summed E-state index contributed by atoms with van der Waals surface area (Å²) in [6, 6.07) is 5.58. The van der Waals surface area contributed by atoms with Crippen LogP contribution in [0.1, 0.15) is 21.7 Å². The number of carbonyl (C=O) groups excluding carboxylic acids is 1. The van der Waals surface area contributed by atoms with E-state index in [9.17, 15) is 14.0 Å². The zero-order valence-corrected chi connectivity index (χ0v) is 13.4. The van der Waals surface area contributed by atoms with E-state index in [-0.39, 0.29) is 42.6 Å². The molecule has 1 N–H and O–H groups in total. The number of hydrogen-bond donors (Lipinski definition) is 1. The molecule has 0 atom stereocenters. The fourth-order valence-electron chi connectivity index (χ4n) is 2.18. The number of nitrogens with zero attached hydrogens (tertiary/aromatic N) is 1. The molecular formula is C17H18FNO5. The molecule has 2 aromatic rings. The van der Waals surface area contributed by atoms with Gasteiger partial charge in [0, 0.05) is 12.6 Å². The molecule has 0 unspecified atom stereocenters. The predicted octanol–water partition coefficient (Wildman–Crippen LogP) is 2.51. The molecule has 0 aliphatic rings. The molecule has 6 nitrogen and oxygen atoms in total. The van der Waals surface area contributed by atoms with Crippen molar-refractivity contribution in [3.05, 3.63) is 53.2 Å². The van der Waals surface area contributed by atoms with Gasteiger partial charge in [-0.2, -0.15) is 0 Å². The van der Waals surface area contributed by atoms with Crippen LogP contribution in [0.2, 0.25) is 0 Å². The number of carbonyl (C=O) groups is 2. The minimum Gasteiger partial charge on any atom is -0.492 e. The summed E-state index contributed by atoms with van der Waals surface area (Å²) in [5.74, 6) is -1.11. The molecule has 0 spiro atoms. The first-order chi connectivity index (χ1) is 11.4. The van der Waals surface area contributed by atoms with Crippen molar-refractivity contribution in [3.8, 4) is 5.75 Å². The second kappa shape index (κ2) is 7.63. The average molecular weight is 335 g/mol. The van der Waals surface area contributed by atoms with E-state index in [2.05, 4.69) is 0 Å². The molecule has 1 aromatic carbocycles. The molecule has 0 bridgehead atoms. The van der Waals surface area contributed by atoms with Crippen molar-refractivity contribution in [2.75, 3.05) is 20.2 Å². The van der Waals surface area contributed by atoms with Crippen LogP contribution in [0.3, 0.4) is 0 Å². The second-order valence-electron chi connectivity index (χ2n) is 5.32. The van der Waals surface area contributed by atoms with E-state index >= 15 is 0 Å². The highest BCUT2D eigenvalue weighted by Crippen LogP contribution is 2.19. The number of rotatable bonds is 7. The minimum atomic E-state index is -1.07. The lowest BCUT2D eigenvalue weighted by Crippen LogP contribution is -2.31. The first-order valence-electron chi connectivity index (χ1n) is 7.31. The molecule has 128 valence electrons. The highest BCUT2D eigenvalue weighted by molar-refractivity contribution is 5.97. The van der Waals surface area contributed by atoms with Gasteiger partial charge in [0.25, 0.3) is 5.91 Å². The van der Waals surface area contributed by atoms with Gasteiger partial charge in [-0.15, -0.1) is 0 Å². The van der Waals surface area contributed by atoms with Crippen LogP contribution < -0.4 is 4.74 Å². The molecule has 0 saturated heterocycles. The highest BCUT2D eigenvalue weighted by Gasteiger charge is 2.23. The summed E-state index contributed by atoms with van der Waals surface area (Å²) in [5.41, 5.74) is 0.851. The topological polar surface area (TPSA) is 80.0 Å². The quantitative estimate of drug-likeness (QED) is 0.841. The van der Waals surface area contributed by atoms with Crippen LogP contribution in [0.5, 0.6) is 5.75 Å². The Balaban J connectivity index is 1.96. The van der Waals surface area contributed by atoms with Crippen LogP contribution in [-0.2, 0) is 11.2 Å². The van der Waals surface area contributed by atoms with E-state index in [1.54, 1.807) is 14.0 Å². The molecule has 7 heteroatoms. The van der Waals surface area contributed by atoms with Gasteiger partial charge in [-0.3, -0.25) is 9.59 Å². The van der Waals surface area contributed by atoms with Gasteiger partial charge in [0.2, 0.25) is 0 Å². The highest BCUT2D eigenvalue weighted by atomic mass is 19.1. The monoisotopic (exact) mass is 335 g/mol. The number of aryl methyl sites for hydroxylation is 1. The van der Waals surface area contributed by atoms with Crippen molar-refractivity contribution in [2.45, 2.75) is 13.3 Å². The second-order valence-corrected chi connectivity index (χ2v) is 5.32. The number of benzene rings is 1. The largest absolute Gasteiger partial charge is 0.492 e. The summed E-state index contributed by atoms with van der Waals surface area (Å²) in [6.07, 6.45) is 1.02. The van der Waals surface area contributed by atoms with Gasteiger partial charge in [0.05, 0.1) is 18.4 Å². The van der Waals surface area contributed by atoms with E-state index in [1.807, 2.05) is 0 Å². The third-order valence-corrected chi connectivity index (χ3v) is 3.43. The van der Waals surface area contributed by atoms with Crippen molar-refractivity contribution in [1.82, 2.24) is 4.90 Å². The van der Waals surface area contributed by atoms with Crippen LogP contribution in [0.15, 0.2) is 34.9 Å². The Morgan fingerprint density at radius 3 is 2.58 bits per heavy atom. The van der Waals surface area contributed by atoms with Crippen LogP contribution in [-0.4, -0.2) is 42.1 Å². The Morgan fingerprint density at radius 1 is 1.29 bits per heavy atom. The number of ether oxygens (including phenoxy) is 1. The van der Waals surface area contributed by atoms with Crippen LogP contribution in [0.4, 0.5) is 4.39 Å². The van der Waals surface area contributed by atoms with Crippen molar-refractivity contribution >= 4 is 11.9 Å². The summed E-state index contributed by atoms with van der Waals surface area (Å²) in [5, 5.41) is 8.88. The van der Waals surface area contributed by atoms with Gasteiger partial charge in [-0.1, -0.05) is 0 Å². The first-order valence-corrected chi connectivity index (χ1v) is 7.31. The first kappa shape index (κ1) is 17.5. The zero-order chi connectivity index (χ0) is 17.7. The Kier molecular flexibility index (Phi) is 5.57. The van der Waals surface area contributed by atoms with Crippen molar-refractivity contribution in [3.63, 3.8) is 0 Å². The van der Waals surface area contributed by atoms with Gasteiger partial charge in [-0.05, 0) is 31.2 Å². The Hall–Kier alpha value is -2.83. The molecule has 24 heavy (non-hydrogen) atoms. The standard InChI is InChI=1S/C17H18FNO5/c1-11-10-24-14(9-15(20)21)16(11)17(22)19(2)7-8-23-13-5-3-12(18)4-6-13/h3-6,10H,7-9H2,1-2H3,(H,20,21). The van der Waals surface area contributed by atoms with Crippen LogP contribution in [0.25, 0.3) is 0 Å². The Bertz CT molecular complexity index is 723. The molecule has 0 aliphatic carbocycles. The third-order valence-electron chi connectivity index (χ3n) is 3.43. The van der Waals surface area contributed by atoms with Gasteiger partial charge in [0.1, 0.15) is 30.4 Å². The van der Waals surface area contributed by atoms with E-state index in [0.717, 1.165) is 0 Å². The fourth-order valence-corrected chi connectivity index (χ4v) is 2.18. The molecule has 0 fully saturated rings. The number of halogens is 1. The number of likely N-dealkylation sites (N-methyl/N-ethyl adjacent to an activating group) is 1. The minimum absolute atomic E-state index is 0.135. The maximum Gasteiger partial charge on any atom is 0.311 e. The van der Waals surface area contributed by atoms with E-state index in [1.165, 1.54) is 35.4 Å². The van der Waals surface area contributed by atoms with E-state index < -0.39 is 5.97 Å². The smallest absolute Gasteiger partial charge is 0.311 e. The van der Waals surface area contributed by atoms with E-state index in [0.29, 0.717) is 11.3 Å². The number of furan rings is 1. The summed E-state index contributed by atoms with van der Waals surface area (Å²) in [6.45, 7) is 2.19. The molecular weight excluding hydrogens is 317 g/mol. The third kappa shape index (κ3) is 4.34. The van der Waals surface area contributed by atoms with Gasteiger partial charge in [0.15, 0.2) is 0 Å². The van der Waals surface area contributed by atoms with Crippen LogP contribution >= 0.6 is 0 Å². The maximum atomic E-state index is 12.8. The Labute approximate surface area is 138 Å². The molecule has 1 aromatic heterocycles. The number of carboxylic acids is 1. The van der Waals surface area contributed by atoms with Crippen molar-refractivity contribution in [1.29, 1.82) is 0 Å². The normalized spacial score (nSPS) is 10.5. The van der Waals surface area contributed by atoms with Crippen molar-refractivity contribution in [2.24, 2.45) is 0 Å². The van der Waals surface area contributed by atoms with E-state index in [4.69, 9.17) is 14.3 Å². The lowest BCUT2D eigenvalue weighted by Gasteiger charge is -2.18. The molecule has 1 heterocycles. The van der Waals surface area contributed by atoms with Crippen LogP contribution in [0, 0.1) is 12.7 Å². The van der Waals surface area contributed by atoms with Crippen molar-refractivity contribution < 1.29 is 28.2 Å². The number of amides is 1. The number of aliphatic carboxylic acids is 1. The summed E-state index contributed by atoms with van der Waals surface area (Å²) >= 11 is 0. The number of hydrogen-bond acceptors (Lipinski definition) is 4. The lowest BCUT2D eigenvalue weighted by molar-refractivity contribution is -0.136. The van der Waals surface area contributed by atoms with Gasteiger partial charge in [-0.25, -0.2) is 4.39 Å². The average Bonchev–Trinajstić information content (AvgIpc) is 2.88. The SMILES string of the molecule is Cc1coc(CC(=O)O)c1C(=O)N(C)CCOc1ccc(F)cc1. The van der Waals surface area contributed by atoms with Gasteiger partial charge >= 0.3 is 5.97 Å².